The average Bonchev–Trinajstić information content (AvgIpc) is 2.48. The summed E-state index contributed by atoms with van der Waals surface area (Å²) in [6, 6.07) is 5.43. The van der Waals surface area contributed by atoms with E-state index in [2.05, 4.69) is 15.9 Å². The van der Waals surface area contributed by atoms with Crippen LogP contribution in [0.1, 0.15) is 24.8 Å². The summed E-state index contributed by atoms with van der Waals surface area (Å²) >= 11 is 9.37. The summed E-state index contributed by atoms with van der Waals surface area (Å²) in [6.45, 7) is 0.525. The molecule has 0 aliphatic carbocycles. The van der Waals surface area contributed by atoms with Gasteiger partial charge in [0.1, 0.15) is 0 Å². The highest BCUT2D eigenvalue weighted by Gasteiger charge is 2.40. The summed E-state index contributed by atoms with van der Waals surface area (Å²) < 4.78 is 0.906. The van der Waals surface area contributed by atoms with Gasteiger partial charge in [-0.3, -0.25) is 4.79 Å². The Morgan fingerprint density at radius 2 is 1.95 bits per heavy atom. The minimum atomic E-state index is -1.70. The van der Waals surface area contributed by atoms with Crippen LogP contribution in [0.3, 0.4) is 0 Å². The summed E-state index contributed by atoms with van der Waals surface area (Å²) in [7, 11) is 0. The van der Waals surface area contributed by atoms with E-state index >= 15 is 0 Å². The zero-order valence-electron chi connectivity index (χ0n) is 11.9. The summed E-state index contributed by atoms with van der Waals surface area (Å²) in [6.07, 6.45) is 1.01. The van der Waals surface area contributed by atoms with Gasteiger partial charge in [-0.25, -0.2) is 4.79 Å². The first-order chi connectivity index (χ1) is 10.3. The first-order valence-corrected chi connectivity index (χ1v) is 8.16. The highest BCUT2D eigenvalue weighted by Crippen LogP contribution is 2.25. The van der Waals surface area contributed by atoms with Crippen LogP contribution in [-0.2, 0) is 16.0 Å². The number of hydrogen-bond donors (Lipinski definition) is 2. The van der Waals surface area contributed by atoms with E-state index < -0.39 is 11.6 Å². The molecule has 22 heavy (non-hydrogen) atoms. The molecule has 0 spiro atoms. The molecule has 1 aromatic carbocycles. The topological polar surface area (TPSA) is 77.8 Å². The van der Waals surface area contributed by atoms with E-state index in [1.807, 2.05) is 12.1 Å². The molecule has 5 nitrogen and oxygen atoms in total. The van der Waals surface area contributed by atoms with Gasteiger partial charge in [-0.2, -0.15) is 0 Å². The number of halogens is 2. The lowest BCUT2D eigenvalue weighted by molar-refractivity contribution is -0.165. The lowest BCUT2D eigenvalue weighted by Gasteiger charge is -2.35. The molecule has 1 saturated heterocycles. The van der Waals surface area contributed by atoms with Crippen molar-refractivity contribution in [1.82, 2.24) is 4.90 Å². The van der Waals surface area contributed by atoms with Gasteiger partial charge >= 0.3 is 5.97 Å². The van der Waals surface area contributed by atoms with Gasteiger partial charge in [0.05, 0.1) is 0 Å². The van der Waals surface area contributed by atoms with Crippen LogP contribution in [-0.4, -0.2) is 45.7 Å². The minimum absolute atomic E-state index is 0.0423. The molecular weight excluding hydrogens is 374 g/mol. The number of carboxylic acid groups (broad SMARTS) is 1. The third-order valence-corrected chi connectivity index (χ3v) is 4.97. The molecule has 0 bridgehead atoms. The summed E-state index contributed by atoms with van der Waals surface area (Å²) in [5.41, 5.74) is -0.743. The Kier molecular flexibility index (Phi) is 5.47. The molecule has 2 N–H and O–H groups in total. The summed E-state index contributed by atoms with van der Waals surface area (Å²) in [4.78, 5) is 24.8. The van der Waals surface area contributed by atoms with Crippen LogP contribution in [0.5, 0.6) is 0 Å². The highest BCUT2D eigenvalue weighted by atomic mass is 79.9. The van der Waals surface area contributed by atoms with Crippen LogP contribution < -0.4 is 0 Å². The van der Waals surface area contributed by atoms with Crippen molar-refractivity contribution in [3.63, 3.8) is 0 Å². The zero-order chi connectivity index (χ0) is 16.3. The van der Waals surface area contributed by atoms with E-state index in [1.165, 1.54) is 0 Å². The molecule has 7 heteroatoms. The van der Waals surface area contributed by atoms with Gasteiger partial charge in [0, 0.05) is 41.8 Å². The number of amides is 1. The fraction of sp³-hybridized carbons (Fsp3) is 0.467. The Labute approximate surface area is 142 Å². The first kappa shape index (κ1) is 17.2. The van der Waals surface area contributed by atoms with Crippen molar-refractivity contribution < 1.29 is 19.8 Å². The Balaban J connectivity index is 1.89. The molecule has 1 aliphatic rings. The van der Waals surface area contributed by atoms with E-state index in [1.54, 1.807) is 11.0 Å². The third kappa shape index (κ3) is 4.00. The fourth-order valence-electron chi connectivity index (χ4n) is 2.47. The van der Waals surface area contributed by atoms with E-state index in [4.69, 9.17) is 16.7 Å². The van der Waals surface area contributed by atoms with Crippen LogP contribution in [0.15, 0.2) is 22.7 Å². The smallest absolute Gasteiger partial charge is 0.335 e. The molecule has 1 amide bonds. The molecule has 0 radical (unpaired) electrons. The molecule has 2 rings (SSSR count). The normalized spacial score (nSPS) is 17.3. The second-order valence-corrected chi connectivity index (χ2v) is 6.74. The number of aryl methyl sites for hydroxylation is 1. The quantitative estimate of drug-likeness (QED) is 0.828. The van der Waals surface area contributed by atoms with Crippen LogP contribution >= 0.6 is 27.5 Å². The molecular formula is C15H17BrClNO4. The monoisotopic (exact) mass is 389 g/mol. The summed E-state index contributed by atoms with van der Waals surface area (Å²) in [5.74, 6) is -1.26. The van der Waals surface area contributed by atoms with Crippen molar-refractivity contribution in [3.05, 3.63) is 33.3 Å². The predicted octanol–water partition coefficient (Wildman–Crippen LogP) is 2.47. The Bertz CT molecular complexity index is 585. The number of likely N-dealkylation sites (tertiary alicyclic amines) is 1. The van der Waals surface area contributed by atoms with Crippen LogP contribution in [0.4, 0.5) is 0 Å². The molecule has 0 aromatic heterocycles. The van der Waals surface area contributed by atoms with Crippen molar-refractivity contribution in [3.8, 4) is 0 Å². The molecule has 0 unspecified atom stereocenters. The second-order valence-electron chi connectivity index (χ2n) is 5.45. The van der Waals surface area contributed by atoms with Gasteiger partial charge in [-0.15, -0.1) is 0 Å². The number of piperidine rings is 1. The Morgan fingerprint density at radius 1 is 1.32 bits per heavy atom. The van der Waals surface area contributed by atoms with Crippen LogP contribution in [0.25, 0.3) is 0 Å². The molecule has 0 atom stereocenters. The lowest BCUT2D eigenvalue weighted by Crippen LogP contribution is -2.50. The van der Waals surface area contributed by atoms with Crippen LogP contribution in [0.2, 0.25) is 5.02 Å². The Hall–Kier alpha value is -1.11. The first-order valence-electron chi connectivity index (χ1n) is 6.99. The highest BCUT2D eigenvalue weighted by molar-refractivity contribution is 9.10. The molecule has 1 fully saturated rings. The van der Waals surface area contributed by atoms with Crippen molar-refractivity contribution >= 4 is 39.4 Å². The zero-order valence-corrected chi connectivity index (χ0v) is 14.2. The van der Waals surface area contributed by atoms with Gasteiger partial charge in [0.25, 0.3) is 0 Å². The molecule has 0 saturated carbocycles. The third-order valence-electron chi connectivity index (χ3n) is 3.96. The standard InChI is InChI=1S/C15H17BrClNO4/c16-12-3-2-11(17)9-10(12)1-4-13(19)18-7-5-15(22,6-8-18)14(20)21/h2-3,9,22H,1,4-8H2,(H,20,21). The molecule has 1 heterocycles. The van der Waals surface area contributed by atoms with Crippen molar-refractivity contribution in [2.45, 2.75) is 31.3 Å². The number of carboxylic acids is 1. The molecule has 120 valence electrons. The minimum Gasteiger partial charge on any atom is -0.479 e. The van der Waals surface area contributed by atoms with Crippen molar-refractivity contribution in [2.24, 2.45) is 0 Å². The van der Waals surface area contributed by atoms with Crippen molar-refractivity contribution in [2.75, 3.05) is 13.1 Å². The van der Waals surface area contributed by atoms with E-state index in [0.29, 0.717) is 17.9 Å². The fourth-order valence-corrected chi connectivity index (χ4v) is 3.11. The molecule has 1 aliphatic heterocycles. The number of carbonyl (C=O) groups is 2. The summed E-state index contributed by atoms with van der Waals surface area (Å²) in [5, 5.41) is 19.4. The van der Waals surface area contributed by atoms with Gasteiger partial charge in [0.2, 0.25) is 5.91 Å². The van der Waals surface area contributed by atoms with Crippen molar-refractivity contribution in [1.29, 1.82) is 0 Å². The van der Waals surface area contributed by atoms with E-state index in [9.17, 15) is 14.7 Å². The van der Waals surface area contributed by atoms with E-state index in [-0.39, 0.29) is 31.8 Å². The second kappa shape index (κ2) is 6.98. The maximum absolute atomic E-state index is 12.2. The number of aliphatic carboxylic acids is 1. The van der Waals surface area contributed by atoms with Gasteiger partial charge in [-0.05, 0) is 30.2 Å². The average molecular weight is 391 g/mol. The SMILES string of the molecule is O=C(CCc1cc(Cl)ccc1Br)N1CCC(O)(C(=O)O)CC1. The van der Waals surface area contributed by atoms with Gasteiger partial charge in [0.15, 0.2) is 5.60 Å². The van der Waals surface area contributed by atoms with Gasteiger partial charge < -0.3 is 15.1 Å². The van der Waals surface area contributed by atoms with Gasteiger partial charge in [-0.1, -0.05) is 27.5 Å². The number of rotatable bonds is 4. The lowest BCUT2D eigenvalue weighted by atomic mass is 9.91. The largest absolute Gasteiger partial charge is 0.479 e. The number of nitrogens with zero attached hydrogens (tertiary/aromatic N) is 1. The number of aliphatic hydroxyl groups is 1. The van der Waals surface area contributed by atoms with E-state index in [0.717, 1.165) is 10.0 Å². The predicted molar refractivity (Wildman–Crippen MR) is 85.9 cm³/mol. The number of carbonyl (C=O) groups excluding carboxylic acids is 1. The molecule has 1 aromatic rings. The number of hydrogen-bond acceptors (Lipinski definition) is 3. The Morgan fingerprint density at radius 3 is 2.55 bits per heavy atom. The maximum atomic E-state index is 12.2. The number of benzene rings is 1. The van der Waals surface area contributed by atoms with Crippen LogP contribution in [0, 0.1) is 0 Å². The maximum Gasteiger partial charge on any atom is 0.335 e.